The van der Waals surface area contributed by atoms with E-state index in [0.29, 0.717) is 34.3 Å². The predicted octanol–water partition coefficient (Wildman–Crippen LogP) is 6.41. The Morgan fingerprint density at radius 1 is 1.18 bits per heavy atom. The number of carbonyl (C=O) groups excluding carboxylic acids is 1. The molecule has 0 amide bonds. The number of rotatable bonds is 7. The lowest BCUT2D eigenvalue weighted by atomic mass is 9.84. The van der Waals surface area contributed by atoms with Crippen LogP contribution in [0.5, 0.6) is 11.5 Å². The minimum atomic E-state index is -4.86. The summed E-state index contributed by atoms with van der Waals surface area (Å²) in [6.45, 7) is 5.32. The number of carboxylic acid groups (broad SMARTS) is 1. The molecule has 34 heavy (non-hydrogen) atoms. The number of ether oxygens (including phenoxy) is 2. The first-order chi connectivity index (χ1) is 15.9. The van der Waals surface area contributed by atoms with Gasteiger partial charge in [-0.05, 0) is 54.8 Å². The minimum Gasteiger partial charge on any atom is -0.495 e. The Bertz CT molecular complexity index is 1230. The first kappa shape index (κ1) is 25.4. The zero-order valence-electron chi connectivity index (χ0n) is 18.9. The lowest BCUT2D eigenvalue weighted by Crippen LogP contribution is -2.21. The van der Waals surface area contributed by atoms with Gasteiger partial charge >= 0.3 is 12.3 Å². The quantitative estimate of drug-likeness (QED) is 0.408. The molecular weight excluding hydrogens is 475 g/mol. The van der Waals surface area contributed by atoms with Crippen LogP contribution in [0.1, 0.15) is 47.8 Å². The molecule has 2 unspecified atom stereocenters. The van der Waals surface area contributed by atoms with E-state index in [1.807, 2.05) is 13.8 Å². The Hall–Kier alpha value is -3.20. The number of benzene rings is 2. The van der Waals surface area contributed by atoms with Crippen molar-refractivity contribution >= 4 is 34.4 Å². The highest BCUT2D eigenvalue weighted by Crippen LogP contribution is 2.41. The Labute approximate surface area is 198 Å². The SMILES string of the molecule is CCC(C)C(C(=O)O)c1c(C)n(C(=O)c2ccc(OC(F)(F)F)cc2)c2cc(Cl)c(OC)cc12. The van der Waals surface area contributed by atoms with Crippen molar-refractivity contribution in [2.24, 2.45) is 5.92 Å². The fourth-order valence-electron chi connectivity index (χ4n) is 4.07. The van der Waals surface area contributed by atoms with Gasteiger partial charge in [0.1, 0.15) is 11.5 Å². The van der Waals surface area contributed by atoms with Gasteiger partial charge in [-0.2, -0.15) is 0 Å². The molecule has 0 aliphatic rings. The number of nitrogens with zero attached hydrogens (tertiary/aromatic N) is 1. The molecule has 182 valence electrons. The molecule has 0 radical (unpaired) electrons. The van der Waals surface area contributed by atoms with Gasteiger partial charge in [0, 0.05) is 16.6 Å². The van der Waals surface area contributed by atoms with E-state index in [0.717, 1.165) is 12.1 Å². The molecule has 0 aliphatic carbocycles. The normalized spacial score (nSPS) is 13.5. The van der Waals surface area contributed by atoms with Gasteiger partial charge in [-0.1, -0.05) is 31.9 Å². The van der Waals surface area contributed by atoms with E-state index in [9.17, 15) is 27.9 Å². The van der Waals surface area contributed by atoms with Gasteiger partial charge in [0.2, 0.25) is 0 Å². The van der Waals surface area contributed by atoms with Crippen LogP contribution in [0.3, 0.4) is 0 Å². The summed E-state index contributed by atoms with van der Waals surface area (Å²) in [5.74, 6) is -2.88. The highest BCUT2D eigenvalue weighted by atomic mass is 35.5. The Morgan fingerprint density at radius 2 is 1.79 bits per heavy atom. The molecule has 0 saturated heterocycles. The first-order valence-electron chi connectivity index (χ1n) is 10.4. The lowest BCUT2D eigenvalue weighted by Gasteiger charge is -2.20. The van der Waals surface area contributed by atoms with E-state index in [1.54, 1.807) is 13.0 Å². The molecule has 6 nitrogen and oxygen atoms in total. The van der Waals surface area contributed by atoms with Crippen molar-refractivity contribution in [2.75, 3.05) is 7.11 Å². The van der Waals surface area contributed by atoms with Gasteiger partial charge in [0.25, 0.3) is 5.91 Å². The fourth-order valence-corrected chi connectivity index (χ4v) is 4.30. The molecule has 1 aromatic heterocycles. The van der Waals surface area contributed by atoms with E-state index < -0.39 is 29.9 Å². The summed E-state index contributed by atoms with van der Waals surface area (Å²) in [5, 5.41) is 10.7. The lowest BCUT2D eigenvalue weighted by molar-refractivity contribution is -0.274. The summed E-state index contributed by atoms with van der Waals surface area (Å²) >= 11 is 6.31. The molecule has 2 atom stereocenters. The monoisotopic (exact) mass is 497 g/mol. The molecule has 0 bridgehead atoms. The molecular formula is C24H23ClF3NO5. The van der Waals surface area contributed by atoms with Crippen molar-refractivity contribution in [3.63, 3.8) is 0 Å². The van der Waals surface area contributed by atoms with E-state index in [4.69, 9.17) is 16.3 Å². The Balaban J connectivity index is 2.23. The van der Waals surface area contributed by atoms with E-state index in [-0.39, 0.29) is 16.5 Å². The summed E-state index contributed by atoms with van der Waals surface area (Å²) in [6.07, 6.45) is -4.27. The summed E-state index contributed by atoms with van der Waals surface area (Å²) < 4.78 is 47.9. The van der Waals surface area contributed by atoms with Crippen LogP contribution in [0.2, 0.25) is 5.02 Å². The van der Waals surface area contributed by atoms with Crippen LogP contribution in [0.15, 0.2) is 36.4 Å². The number of methoxy groups -OCH3 is 1. The van der Waals surface area contributed by atoms with Gasteiger partial charge in [0.05, 0.1) is 23.6 Å². The van der Waals surface area contributed by atoms with Crippen molar-refractivity contribution in [3.05, 3.63) is 58.2 Å². The maximum absolute atomic E-state index is 13.5. The maximum Gasteiger partial charge on any atom is 0.573 e. The van der Waals surface area contributed by atoms with Gasteiger partial charge in [-0.3, -0.25) is 14.2 Å². The number of fused-ring (bicyclic) bond motifs is 1. The third-order valence-electron chi connectivity index (χ3n) is 5.85. The molecule has 0 saturated carbocycles. The van der Waals surface area contributed by atoms with E-state index in [1.165, 1.54) is 29.9 Å². The molecule has 3 rings (SSSR count). The van der Waals surface area contributed by atoms with Crippen molar-refractivity contribution in [1.29, 1.82) is 0 Å². The molecule has 2 aromatic carbocycles. The number of hydrogen-bond donors (Lipinski definition) is 1. The zero-order valence-corrected chi connectivity index (χ0v) is 19.6. The number of halogens is 4. The molecule has 0 aliphatic heterocycles. The number of hydrogen-bond acceptors (Lipinski definition) is 4. The summed E-state index contributed by atoms with van der Waals surface area (Å²) in [7, 11) is 1.43. The molecule has 1 N–H and O–H groups in total. The number of aliphatic carboxylic acids is 1. The second kappa shape index (κ2) is 9.58. The van der Waals surface area contributed by atoms with Crippen LogP contribution in [-0.2, 0) is 4.79 Å². The fraction of sp³-hybridized carbons (Fsp3) is 0.333. The topological polar surface area (TPSA) is 77.8 Å². The second-order valence-electron chi connectivity index (χ2n) is 7.92. The number of alkyl halides is 3. The smallest absolute Gasteiger partial charge is 0.495 e. The van der Waals surface area contributed by atoms with Gasteiger partial charge in [-0.25, -0.2) is 0 Å². The minimum absolute atomic E-state index is 0.0865. The molecule has 3 aromatic rings. The average molecular weight is 498 g/mol. The van der Waals surface area contributed by atoms with Crippen molar-refractivity contribution in [2.45, 2.75) is 39.5 Å². The van der Waals surface area contributed by atoms with Crippen LogP contribution < -0.4 is 9.47 Å². The molecule has 1 heterocycles. The Morgan fingerprint density at radius 3 is 2.29 bits per heavy atom. The van der Waals surface area contributed by atoms with Gasteiger partial charge < -0.3 is 14.6 Å². The zero-order chi connectivity index (χ0) is 25.4. The third kappa shape index (κ3) is 4.84. The largest absolute Gasteiger partial charge is 0.573 e. The second-order valence-corrected chi connectivity index (χ2v) is 8.32. The number of carboxylic acids is 1. The Kier molecular flexibility index (Phi) is 7.16. The van der Waals surface area contributed by atoms with Crippen LogP contribution in [0.25, 0.3) is 10.9 Å². The van der Waals surface area contributed by atoms with E-state index >= 15 is 0 Å². The molecule has 10 heteroatoms. The van der Waals surface area contributed by atoms with Crippen molar-refractivity contribution < 1.29 is 37.3 Å². The summed E-state index contributed by atoms with van der Waals surface area (Å²) in [5.41, 5.74) is 1.31. The van der Waals surface area contributed by atoms with Crippen molar-refractivity contribution in [1.82, 2.24) is 4.57 Å². The average Bonchev–Trinajstić information content (AvgIpc) is 3.02. The van der Waals surface area contributed by atoms with Crippen LogP contribution >= 0.6 is 11.6 Å². The third-order valence-corrected chi connectivity index (χ3v) is 6.15. The first-order valence-corrected chi connectivity index (χ1v) is 10.8. The number of carbonyl (C=O) groups is 2. The molecule has 0 fully saturated rings. The van der Waals surface area contributed by atoms with Gasteiger partial charge in [-0.15, -0.1) is 13.2 Å². The summed E-state index contributed by atoms with van der Waals surface area (Å²) in [6, 6.07) is 7.62. The standard InChI is InChI=1S/C24H23ClF3NO5/c1-5-12(2)20(23(31)32)21-13(3)29(18-11-17(25)19(33-4)10-16(18)21)22(30)14-6-8-15(9-7-14)34-24(26,27)28/h6-12,20H,5H2,1-4H3,(H,31,32). The van der Waals surface area contributed by atoms with Crippen LogP contribution in [0, 0.1) is 12.8 Å². The van der Waals surface area contributed by atoms with Crippen LogP contribution in [-0.4, -0.2) is 35.0 Å². The maximum atomic E-state index is 13.5. The van der Waals surface area contributed by atoms with Crippen LogP contribution in [0.4, 0.5) is 13.2 Å². The highest BCUT2D eigenvalue weighted by Gasteiger charge is 2.34. The predicted molar refractivity (Wildman–Crippen MR) is 121 cm³/mol. The summed E-state index contributed by atoms with van der Waals surface area (Å²) in [4.78, 5) is 25.7. The van der Waals surface area contributed by atoms with E-state index in [2.05, 4.69) is 4.74 Å². The highest BCUT2D eigenvalue weighted by molar-refractivity contribution is 6.33. The van der Waals surface area contributed by atoms with Crippen molar-refractivity contribution in [3.8, 4) is 11.5 Å². The van der Waals surface area contributed by atoms with Gasteiger partial charge in [0.15, 0.2) is 0 Å². The number of aromatic nitrogens is 1. The molecule has 0 spiro atoms.